The third-order valence-corrected chi connectivity index (χ3v) is 4.19. The van der Waals surface area contributed by atoms with Crippen molar-refractivity contribution in [2.75, 3.05) is 13.2 Å². The van der Waals surface area contributed by atoms with Crippen LogP contribution >= 0.6 is 15.9 Å². The molecule has 0 fully saturated rings. The van der Waals surface area contributed by atoms with Crippen LogP contribution in [0, 0.1) is 0 Å². The van der Waals surface area contributed by atoms with Gasteiger partial charge in [-0.15, -0.1) is 0 Å². The lowest BCUT2D eigenvalue weighted by molar-refractivity contribution is 0.283. The summed E-state index contributed by atoms with van der Waals surface area (Å²) >= 11 is 3.24. The van der Waals surface area contributed by atoms with E-state index in [0.717, 1.165) is 17.3 Å². The van der Waals surface area contributed by atoms with Crippen LogP contribution in [0.1, 0.15) is 19.3 Å². The highest BCUT2D eigenvalue weighted by Gasteiger charge is 2.12. The largest absolute Gasteiger partial charge is 0.396 e. The summed E-state index contributed by atoms with van der Waals surface area (Å²) in [7, 11) is -3.41. The predicted molar refractivity (Wildman–Crippen MR) is 70.3 cm³/mol. The van der Waals surface area contributed by atoms with Gasteiger partial charge in [0.2, 0.25) is 10.0 Å². The Labute approximate surface area is 110 Å². The molecule has 0 aliphatic rings. The average molecular weight is 322 g/mol. The number of unbranched alkanes of at least 4 members (excludes halogenated alkanes) is 2. The maximum atomic E-state index is 11.8. The first-order valence-corrected chi connectivity index (χ1v) is 7.70. The van der Waals surface area contributed by atoms with Gasteiger partial charge >= 0.3 is 0 Å². The van der Waals surface area contributed by atoms with E-state index in [0.29, 0.717) is 13.0 Å². The highest BCUT2D eigenvalue weighted by Crippen LogP contribution is 2.15. The van der Waals surface area contributed by atoms with Crippen LogP contribution in [-0.4, -0.2) is 26.7 Å². The number of rotatable bonds is 7. The SMILES string of the molecule is O=S(=O)(NCCCCCO)c1cccc(Br)c1. The van der Waals surface area contributed by atoms with Crippen LogP contribution in [0.25, 0.3) is 0 Å². The fourth-order valence-corrected chi connectivity index (χ4v) is 3.01. The van der Waals surface area contributed by atoms with Crippen molar-refractivity contribution >= 4 is 26.0 Å². The number of aliphatic hydroxyl groups is 1. The molecule has 0 saturated carbocycles. The van der Waals surface area contributed by atoms with Gasteiger partial charge in [-0.1, -0.05) is 22.0 Å². The summed E-state index contributed by atoms with van der Waals surface area (Å²) in [5.74, 6) is 0. The molecule has 17 heavy (non-hydrogen) atoms. The van der Waals surface area contributed by atoms with E-state index < -0.39 is 10.0 Å². The second-order valence-corrected chi connectivity index (χ2v) is 6.32. The van der Waals surface area contributed by atoms with Gasteiger partial charge in [-0.2, -0.15) is 0 Å². The lowest BCUT2D eigenvalue weighted by Crippen LogP contribution is -2.24. The maximum Gasteiger partial charge on any atom is 0.240 e. The first-order chi connectivity index (χ1) is 8.06. The Kier molecular flexibility index (Phi) is 6.11. The van der Waals surface area contributed by atoms with Crippen molar-refractivity contribution in [1.29, 1.82) is 0 Å². The monoisotopic (exact) mass is 321 g/mol. The molecule has 0 spiro atoms. The summed E-state index contributed by atoms with van der Waals surface area (Å²) in [6, 6.07) is 6.58. The van der Waals surface area contributed by atoms with Gasteiger partial charge in [-0.05, 0) is 37.5 Å². The zero-order valence-corrected chi connectivity index (χ0v) is 11.8. The van der Waals surface area contributed by atoms with Crippen LogP contribution in [0.5, 0.6) is 0 Å². The highest BCUT2D eigenvalue weighted by atomic mass is 79.9. The van der Waals surface area contributed by atoms with Crippen LogP contribution < -0.4 is 4.72 Å². The molecule has 6 heteroatoms. The fraction of sp³-hybridized carbons (Fsp3) is 0.455. The van der Waals surface area contributed by atoms with Crippen LogP contribution in [0.4, 0.5) is 0 Å². The molecule has 0 saturated heterocycles. The maximum absolute atomic E-state index is 11.8. The summed E-state index contributed by atoms with van der Waals surface area (Å²) in [5.41, 5.74) is 0. The Balaban J connectivity index is 2.51. The minimum Gasteiger partial charge on any atom is -0.396 e. The molecule has 0 aromatic heterocycles. The quantitative estimate of drug-likeness (QED) is 0.754. The molecule has 0 unspecified atom stereocenters. The normalized spacial score (nSPS) is 11.6. The van der Waals surface area contributed by atoms with Gasteiger partial charge in [0.15, 0.2) is 0 Å². The molecule has 96 valence electrons. The zero-order valence-electron chi connectivity index (χ0n) is 9.39. The molecule has 0 atom stereocenters. The summed E-state index contributed by atoms with van der Waals surface area (Å²) in [4.78, 5) is 0.258. The predicted octanol–water partition coefficient (Wildman–Crippen LogP) is 1.89. The molecule has 0 aliphatic heterocycles. The summed E-state index contributed by atoms with van der Waals surface area (Å²) in [6.45, 7) is 0.549. The topological polar surface area (TPSA) is 66.4 Å². The molecule has 1 aromatic rings. The van der Waals surface area contributed by atoms with E-state index in [-0.39, 0.29) is 11.5 Å². The van der Waals surface area contributed by atoms with Gasteiger partial charge in [0.1, 0.15) is 0 Å². The smallest absolute Gasteiger partial charge is 0.240 e. The molecule has 0 heterocycles. The number of hydrogen-bond donors (Lipinski definition) is 2. The van der Waals surface area contributed by atoms with Gasteiger partial charge in [-0.25, -0.2) is 13.1 Å². The first-order valence-electron chi connectivity index (χ1n) is 5.42. The second-order valence-electron chi connectivity index (χ2n) is 3.64. The number of halogens is 1. The summed E-state index contributed by atoms with van der Waals surface area (Å²) in [6.07, 6.45) is 2.25. The Morgan fingerprint density at radius 1 is 1.24 bits per heavy atom. The average Bonchev–Trinajstić information content (AvgIpc) is 2.29. The third-order valence-electron chi connectivity index (χ3n) is 2.23. The van der Waals surface area contributed by atoms with Gasteiger partial charge in [0.05, 0.1) is 4.90 Å². The molecule has 1 aromatic carbocycles. The van der Waals surface area contributed by atoms with Crippen molar-refractivity contribution in [1.82, 2.24) is 4.72 Å². The van der Waals surface area contributed by atoms with Crippen LogP contribution in [0.15, 0.2) is 33.6 Å². The van der Waals surface area contributed by atoms with E-state index in [9.17, 15) is 8.42 Å². The van der Waals surface area contributed by atoms with Crippen molar-refractivity contribution in [2.24, 2.45) is 0 Å². The standard InChI is InChI=1S/C11H16BrNO3S/c12-10-5-4-6-11(9-10)17(15,16)13-7-2-1-3-8-14/h4-6,9,13-14H,1-3,7-8H2. The van der Waals surface area contributed by atoms with E-state index in [1.807, 2.05) is 0 Å². The zero-order chi connectivity index (χ0) is 12.7. The molecular weight excluding hydrogens is 306 g/mol. The van der Waals surface area contributed by atoms with E-state index in [1.165, 1.54) is 0 Å². The molecule has 1 rings (SSSR count). The number of hydrogen-bond acceptors (Lipinski definition) is 3. The van der Waals surface area contributed by atoms with E-state index in [2.05, 4.69) is 20.7 Å². The lowest BCUT2D eigenvalue weighted by Gasteiger charge is -2.06. The lowest BCUT2D eigenvalue weighted by atomic mass is 10.2. The highest BCUT2D eigenvalue weighted by molar-refractivity contribution is 9.10. The molecule has 2 N–H and O–H groups in total. The number of benzene rings is 1. The van der Waals surface area contributed by atoms with Gasteiger partial charge in [0.25, 0.3) is 0 Å². The third kappa shape index (κ3) is 5.16. The van der Waals surface area contributed by atoms with Gasteiger partial charge in [-0.3, -0.25) is 0 Å². The molecule has 0 radical (unpaired) electrons. The molecule has 0 bridgehead atoms. The van der Waals surface area contributed by atoms with Crippen molar-refractivity contribution in [3.63, 3.8) is 0 Å². The van der Waals surface area contributed by atoms with Crippen molar-refractivity contribution in [2.45, 2.75) is 24.2 Å². The minimum atomic E-state index is -3.41. The van der Waals surface area contributed by atoms with Gasteiger partial charge < -0.3 is 5.11 Å². The number of aliphatic hydroxyl groups excluding tert-OH is 1. The number of nitrogens with one attached hydrogen (secondary N) is 1. The van der Waals surface area contributed by atoms with Crippen molar-refractivity contribution in [3.8, 4) is 0 Å². The van der Waals surface area contributed by atoms with E-state index in [1.54, 1.807) is 24.3 Å². The minimum absolute atomic E-state index is 0.151. The van der Waals surface area contributed by atoms with Crippen LogP contribution in [0.3, 0.4) is 0 Å². The van der Waals surface area contributed by atoms with Gasteiger partial charge in [0, 0.05) is 17.6 Å². The van der Waals surface area contributed by atoms with E-state index in [4.69, 9.17) is 5.11 Å². The fourth-order valence-electron chi connectivity index (χ4n) is 1.34. The molecule has 0 aliphatic carbocycles. The summed E-state index contributed by atoms with van der Waals surface area (Å²) in [5, 5.41) is 8.59. The van der Waals surface area contributed by atoms with Crippen molar-refractivity contribution in [3.05, 3.63) is 28.7 Å². The van der Waals surface area contributed by atoms with Crippen LogP contribution in [0.2, 0.25) is 0 Å². The Morgan fingerprint density at radius 3 is 2.65 bits per heavy atom. The molecular formula is C11H16BrNO3S. The Bertz CT molecular complexity index is 448. The molecule has 0 amide bonds. The first kappa shape index (κ1) is 14.6. The van der Waals surface area contributed by atoms with E-state index >= 15 is 0 Å². The van der Waals surface area contributed by atoms with Crippen molar-refractivity contribution < 1.29 is 13.5 Å². The second kappa shape index (κ2) is 7.10. The Hall–Kier alpha value is -0.430. The Morgan fingerprint density at radius 2 is 2.00 bits per heavy atom. The summed E-state index contributed by atoms with van der Waals surface area (Å²) < 4.78 is 26.9. The number of sulfonamides is 1. The van der Waals surface area contributed by atoms with Crippen LogP contribution in [-0.2, 0) is 10.0 Å². The molecule has 4 nitrogen and oxygen atoms in total.